The minimum atomic E-state index is -0.812. The maximum atomic E-state index is 12.3. The van der Waals surface area contributed by atoms with Crippen molar-refractivity contribution >= 4 is 11.9 Å². The van der Waals surface area contributed by atoms with Gasteiger partial charge >= 0.3 is 11.9 Å². The average Bonchev–Trinajstić information content (AvgIpc) is 3.49. The van der Waals surface area contributed by atoms with Crippen LogP contribution in [-0.4, -0.2) is 36.4 Å². The maximum absolute atomic E-state index is 12.3. The number of rotatable bonds is 56. The summed E-state index contributed by atoms with van der Waals surface area (Å²) in [5.74, 6) is -0.663. The predicted octanol–water partition coefficient (Wildman–Crippen LogP) is 22.7. The molecule has 0 aromatic carbocycles. The van der Waals surface area contributed by atoms with Crippen LogP contribution in [0.25, 0.3) is 0 Å². The van der Waals surface area contributed by atoms with Gasteiger partial charge in [-0.25, -0.2) is 0 Å². The fourth-order valence-electron chi connectivity index (χ4n) is 8.01. The third kappa shape index (κ3) is 66.7. The predicted molar refractivity (Wildman–Crippen MR) is 361 cm³/mol. The molecule has 454 valence electrons. The monoisotopic (exact) mass is 1120 g/mol. The highest BCUT2D eigenvalue weighted by Crippen LogP contribution is 2.14. The second-order valence-electron chi connectivity index (χ2n) is 20.4. The summed E-state index contributed by atoms with van der Waals surface area (Å²) in [6, 6.07) is 0. The van der Waals surface area contributed by atoms with E-state index >= 15 is 0 Å². The Labute approximate surface area is 503 Å². The third-order valence-electron chi connectivity index (χ3n) is 12.8. The molecule has 0 aliphatic carbocycles. The molecule has 0 aliphatic heterocycles. The van der Waals surface area contributed by atoms with E-state index in [1.54, 1.807) is 0 Å². The van der Waals surface area contributed by atoms with Crippen molar-refractivity contribution in [1.82, 2.24) is 0 Å². The number of allylic oxidation sites excluding steroid dienone is 36. The van der Waals surface area contributed by atoms with Crippen LogP contribution in [0, 0.1) is 0 Å². The van der Waals surface area contributed by atoms with Gasteiger partial charge in [0.15, 0.2) is 6.10 Å². The molecule has 0 heterocycles. The van der Waals surface area contributed by atoms with Gasteiger partial charge in [0, 0.05) is 12.8 Å². The first-order valence-electron chi connectivity index (χ1n) is 32.3. The lowest BCUT2D eigenvalue weighted by Gasteiger charge is -2.15. The van der Waals surface area contributed by atoms with Crippen LogP contribution < -0.4 is 0 Å². The fraction of sp³-hybridized carbons (Fsp3) is 0.506. The van der Waals surface area contributed by atoms with Crippen LogP contribution in [0.15, 0.2) is 219 Å². The first-order valence-corrected chi connectivity index (χ1v) is 32.3. The molecule has 0 amide bonds. The Balaban J connectivity index is 3.67. The van der Waals surface area contributed by atoms with Crippen molar-refractivity contribution in [2.45, 2.75) is 238 Å². The zero-order chi connectivity index (χ0) is 59.1. The highest BCUT2D eigenvalue weighted by molar-refractivity contribution is 5.70. The van der Waals surface area contributed by atoms with Crippen molar-refractivity contribution in [3.63, 3.8) is 0 Å². The van der Waals surface area contributed by atoms with E-state index in [1.807, 2.05) is 0 Å². The average molecular weight is 1120 g/mol. The lowest BCUT2D eigenvalue weighted by molar-refractivity contribution is -0.161. The molecule has 5 nitrogen and oxygen atoms in total. The van der Waals surface area contributed by atoms with Crippen molar-refractivity contribution < 1.29 is 24.2 Å². The van der Waals surface area contributed by atoms with E-state index in [0.717, 1.165) is 161 Å². The molecule has 0 saturated heterocycles. The molecule has 0 aliphatic rings. The molecule has 82 heavy (non-hydrogen) atoms. The Bertz CT molecular complexity index is 1990. The van der Waals surface area contributed by atoms with Crippen molar-refractivity contribution in [2.24, 2.45) is 0 Å². The van der Waals surface area contributed by atoms with Crippen LogP contribution in [0.3, 0.4) is 0 Å². The maximum Gasteiger partial charge on any atom is 0.306 e. The molecular formula is C77H116O5. The molecule has 0 aromatic heterocycles. The second kappa shape index (κ2) is 69.5. The summed E-state index contributed by atoms with van der Waals surface area (Å²) in [6.07, 6.45) is 114. The topological polar surface area (TPSA) is 72.8 Å². The van der Waals surface area contributed by atoms with Crippen LogP contribution in [0.4, 0.5) is 0 Å². The summed E-state index contributed by atoms with van der Waals surface area (Å²) >= 11 is 0. The van der Waals surface area contributed by atoms with Gasteiger partial charge in [-0.05, 0) is 154 Å². The normalized spacial score (nSPS) is 13.7. The summed E-state index contributed by atoms with van der Waals surface area (Å²) < 4.78 is 10.7. The zero-order valence-electron chi connectivity index (χ0n) is 51.9. The van der Waals surface area contributed by atoms with E-state index < -0.39 is 6.10 Å². The van der Waals surface area contributed by atoms with Gasteiger partial charge < -0.3 is 14.6 Å². The zero-order valence-corrected chi connectivity index (χ0v) is 51.9. The summed E-state index contributed by atoms with van der Waals surface area (Å²) in [6.45, 7) is 3.86. The number of ether oxygens (including phenoxy) is 2. The molecule has 0 spiro atoms. The van der Waals surface area contributed by atoms with Crippen molar-refractivity contribution in [3.05, 3.63) is 219 Å². The number of carbonyl (C=O) groups excluding carboxylic acids is 2. The Morgan fingerprint density at radius 1 is 0.280 bits per heavy atom. The summed E-state index contributed by atoms with van der Waals surface area (Å²) in [7, 11) is 0. The number of hydrogen-bond acceptors (Lipinski definition) is 5. The second-order valence-corrected chi connectivity index (χ2v) is 20.4. The van der Waals surface area contributed by atoms with E-state index in [1.165, 1.54) is 44.9 Å². The summed E-state index contributed by atoms with van der Waals surface area (Å²) in [5, 5.41) is 9.68. The van der Waals surface area contributed by atoms with Gasteiger partial charge in [0.25, 0.3) is 0 Å². The third-order valence-corrected chi connectivity index (χ3v) is 12.8. The molecular weight excluding hydrogens is 1000 g/mol. The van der Waals surface area contributed by atoms with Crippen LogP contribution in [0.5, 0.6) is 0 Å². The van der Waals surface area contributed by atoms with Crippen LogP contribution in [0.2, 0.25) is 0 Å². The largest absolute Gasteiger partial charge is 0.462 e. The SMILES string of the molecule is CC/C=C\C/C=C\C/C=C\C/C=C\C/C=C\C/C=C\C/C=C\C/C=C\C/C=C\C/C=C\CCCCCCCCCCCCC(=O)OC(CO)COC(=O)CCCC/C=C\C/C=C\C/C=C\C/C=C\C/C=C\C/C=C\C/C=C\C/C=C\CC. The standard InChI is InChI=1S/C77H116O5/c1-3-5-7-9-11-13-15-17-19-21-23-25-27-29-31-32-33-34-35-36-37-38-39-40-41-42-43-44-46-48-50-52-54-56-58-60-62-64-66-68-70-72-77(80)82-75(73-78)74-81-76(79)71-69-67-65-63-61-59-57-55-53-51-49-47-45-30-28-26-24-22-20-18-16-14-12-10-8-6-4-2/h5-8,11-14,17-20,23-26,29-31,33-34,36-37,39-40,42-43,45-46,48-49,51,55,57,61,63,75,78H,3-4,9-10,15-16,21-22,27-28,32,35,38,41,44,47,50,52-54,56,58-60,62,64-74H2,1-2H3/b7-5-,8-6-,13-11-,14-12-,19-17-,20-18-,25-23-,26-24-,31-29-,34-33-,37-36-,40-39-,43-42-,45-30-,48-46-,51-49-,57-55-,63-61-. The minimum Gasteiger partial charge on any atom is -0.462 e. The first-order chi connectivity index (χ1) is 40.6. The quantitative estimate of drug-likeness (QED) is 0.0373. The number of aliphatic hydroxyl groups excluding tert-OH is 1. The fourth-order valence-corrected chi connectivity index (χ4v) is 8.01. The van der Waals surface area contributed by atoms with Crippen molar-refractivity contribution in [2.75, 3.05) is 13.2 Å². The molecule has 0 bridgehead atoms. The van der Waals surface area contributed by atoms with Crippen LogP contribution in [0.1, 0.15) is 232 Å². The highest BCUT2D eigenvalue weighted by atomic mass is 16.6. The van der Waals surface area contributed by atoms with Gasteiger partial charge in [-0.15, -0.1) is 0 Å². The number of aliphatic hydroxyl groups is 1. The number of carbonyl (C=O) groups is 2. The Morgan fingerprint density at radius 3 is 0.756 bits per heavy atom. The highest BCUT2D eigenvalue weighted by Gasteiger charge is 2.16. The lowest BCUT2D eigenvalue weighted by Crippen LogP contribution is -2.28. The van der Waals surface area contributed by atoms with Crippen LogP contribution >= 0.6 is 0 Å². The Kier molecular flexibility index (Phi) is 64.6. The first kappa shape index (κ1) is 76.2. The molecule has 0 saturated carbocycles. The molecule has 5 heteroatoms. The summed E-state index contributed by atoms with van der Waals surface area (Å²) in [4.78, 5) is 24.6. The molecule has 1 atom stereocenters. The van der Waals surface area contributed by atoms with Gasteiger partial charge in [-0.2, -0.15) is 0 Å². The van der Waals surface area contributed by atoms with Crippen LogP contribution in [-0.2, 0) is 19.1 Å². The van der Waals surface area contributed by atoms with E-state index in [0.29, 0.717) is 12.8 Å². The number of unbranched alkanes of at least 4 members (excludes halogenated alkanes) is 12. The smallest absolute Gasteiger partial charge is 0.306 e. The molecule has 1 unspecified atom stereocenters. The minimum absolute atomic E-state index is 0.105. The van der Waals surface area contributed by atoms with Gasteiger partial charge in [0.1, 0.15) is 6.61 Å². The molecule has 0 radical (unpaired) electrons. The van der Waals surface area contributed by atoms with Gasteiger partial charge in [-0.3, -0.25) is 9.59 Å². The van der Waals surface area contributed by atoms with Gasteiger partial charge in [-0.1, -0.05) is 284 Å². The Morgan fingerprint density at radius 2 is 0.488 bits per heavy atom. The molecule has 1 N–H and O–H groups in total. The van der Waals surface area contributed by atoms with Crippen molar-refractivity contribution in [1.29, 1.82) is 0 Å². The van der Waals surface area contributed by atoms with E-state index in [9.17, 15) is 14.7 Å². The van der Waals surface area contributed by atoms with Gasteiger partial charge in [0.2, 0.25) is 0 Å². The number of hydrogen-bond donors (Lipinski definition) is 1. The van der Waals surface area contributed by atoms with E-state index in [4.69, 9.17) is 9.47 Å². The van der Waals surface area contributed by atoms with Gasteiger partial charge in [0.05, 0.1) is 6.61 Å². The van der Waals surface area contributed by atoms with E-state index in [2.05, 4.69) is 233 Å². The Hall–Kier alpha value is -5.78. The number of esters is 2. The van der Waals surface area contributed by atoms with E-state index in [-0.39, 0.29) is 25.2 Å². The molecule has 0 aromatic rings. The summed E-state index contributed by atoms with van der Waals surface area (Å²) in [5.41, 5.74) is 0. The van der Waals surface area contributed by atoms with Crippen molar-refractivity contribution in [3.8, 4) is 0 Å². The lowest BCUT2D eigenvalue weighted by atomic mass is 10.0. The molecule has 0 fully saturated rings. The molecule has 0 rings (SSSR count).